The van der Waals surface area contributed by atoms with Gasteiger partial charge in [0.2, 0.25) is 0 Å². The molecule has 1 nitrogen and oxygen atoms in total. The van der Waals surface area contributed by atoms with Crippen LogP contribution in [0.3, 0.4) is 0 Å². The highest BCUT2D eigenvalue weighted by atomic mass is 14.7. The van der Waals surface area contributed by atoms with E-state index >= 15 is 0 Å². The third-order valence-electron chi connectivity index (χ3n) is 4.13. The first kappa shape index (κ1) is 10.9. The first-order valence-corrected chi connectivity index (χ1v) is 6.40. The topological polar surface area (TPSA) is 26.0 Å². The molecule has 2 unspecified atom stereocenters. The summed E-state index contributed by atoms with van der Waals surface area (Å²) in [6.45, 7) is 2.35. The number of nitrogens with two attached hydrogens (primary N) is 1. The van der Waals surface area contributed by atoms with Gasteiger partial charge in [-0.25, -0.2) is 0 Å². The van der Waals surface area contributed by atoms with E-state index in [-0.39, 0.29) is 0 Å². The van der Waals surface area contributed by atoms with Gasteiger partial charge in [0.05, 0.1) is 0 Å². The molecule has 2 aliphatic carbocycles. The maximum absolute atomic E-state index is 6.23. The van der Waals surface area contributed by atoms with Crippen LogP contribution in [0, 0.1) is 11.8 Å². The molecule has 15 heavy (non-hydrogen) atoms. The summed E-state index contributed by atoms with van der Waals surface area (Å²) in [6.07, 6.45) is 14.6. The summed E-state index contributed by atoms with van der Waals surface area (Å²) in [7, 11) is 0. The van der Waals surface area contributed by atoms with E-state index in [1.165, 1.54) is 38.5 Å². The van der Waals surface area contributed by atoms with Crippen LogP contribution >= 0.6 is 0 Å². The molecule has 84 valence electrons. The summed E-state index contributed by atoms with van der Waals surface area (Å²) in [5, 5.41) is 0. The second-order valence-corrected chi connectivity index (χ2v) is 5.12. The van der Waals surface area contributed by atoms with Gasteiger partial charge < -0.3 is 5.73 Å². The van der Waals surface area contributed by atoms with Crippen molar-refractivity contribution in [2.45, 2.75) is 51.5 Å². The Hall–Kier alpha value is -0.560. The summed E-state index contributed by atoms with van der Waals surface area (Å²) in [5.74, 6) is 1.43. The van der Waals surface area contributed by atoms with E-state index in [2.05, 4.69) is 25.2 Å². The Morgan fingerprint density at radius 3 is 2.80 bits per heavy atom. The van der Waals surface area contributed by atoms with Crippen molar-refractivity contribution in [2.24, 2.45) is 17.6 Å². The van der Waals surface area contributed by atoms with Crippen LogP contribution in [0.25, 0.3) is 0 Å². The average molecular weight is 205 g/mol. The Morgan fingerprint density at radius 2 is 2.07 bits per heavy atom. The summed E-state index contributed by atoms with van der Waals surface area (Å²) in [5.41, 5.74) is 7.89. The Morgan fingerprint density at radius 1 is 1.27 bits per heavy atom. The molecular formula is C14H23N. The van der Waals surface area contributed by atoms with Gasteiger partial charge >= 0.3 is 0 Å². The van der Waals surface area contributed by atoms with Gasteiger partial charge in [-0.1, -0.05) is 43.6 Å². The van der Waals surface area contributed by atoms with E-state index in [1.54, 1.807) is 5.57 Å². The molecule has 0 aromatic heterocycles. The monoisotopic (exact) mass is 205 g/mol. The SMILES string of the molecule is C[C@@H]1C(N)CCCCC1C1=CC=CCC1. The number of hydrogen-bond donors (Lipinski definition) is 1. The number of rotatable bonds is 1. The largest absolute Gasteiger partial charge is 0.327 e. The van der Waals surface area contributed by atoms with E-state index in [1.807, 2.05) is 0 Å². The van der Waals surface area contributed by atoms with Gasteiger partial charge in [0.15, 0.2) is 0 Å². The lowest BCUT2D eigenvalue weighted by Crippen LogP contribution is -2.32. The third kappa shape index (κ3) is 2.52. The molecule has 1 heteroatoms. The molecule has 0 radical (unpaired) electrons. The van der Waals surface area contributed by atoms with Crippen molar-refractivity contribution >= 4 is 0 Å². The first-order valence-electron chi connectivity index (χ1n) is 6.40. The van der Waals surface area contributed by atoms with Crippen LogP contribution < -0.4 is 5.73 Å². The average Bonchev–Trinajstić information content (AvgIpc) is 2.44. The van der Waals surface area contributed by atoms with Gasteiger partial charge in [-0.15, -0.1) is 0 Å². The fourth-order valence-corrected chi connectivity index (χ4v) is 3.02. The third-order valence-corrected chi connectivity index (χ3v) is 4.13. The predicted molar refractivity (Wildman–Crippen MR) is 65.6 cm³/mol. The Bertz CT molecular complexity index is 265. The Labute approximate surface area is 93.4 Å². The van der Waals surface area contributed by atoms with Crippen molar-refractivity contribution in [3.05, 3.63) is 23.8 Å². The molecule has 0 aromatic carbocycles. The lowest BCUT2D eigenvalue weighted by Gasteiger charge is -2.29. The molecule has 2 aliphatic rings. The molecule has 3 atom stereocenters. The van der Waals surface area contributed by atoms with Crippen molar-refractivity contribution in [1.29, 1.82) is 0 Å². The number of hydrogen-bond acceptors (Lipinski definition) is 1. The van der Waals surface area contributed by atoms with Crippen molar-refractivity contribution in [2.75, 3.05) is 0 Å². The highest BCUT2D eigenvalue weighted by Gasteiger charge is 2.28. The van der Waals surface area contributed by atoms with E-state index in [0.29, 0.717) is 12.0 Å². The van der Waals surface area contributed by atoms with Crippen LogP contribution in [-0.4, -0.2) is 6.04 Å². The van der Waals surface area contributed by atoms with Gasteiger partial charge in [0, 0.05) is 6.04 Å². The maximum atomic E-state index is 6.23. The number of allylic oxidation sites excluding steroid dienone is 4. The van der Waals surface area contributed by atoms with Gasteiger partial charge in [-0.05, 0) is 37.5 Å². The fourth-order valence-electron chi connectivity index (χ4n) is 3.02. The molecule has 0 aliphatic heterocycles. The van der Waals surface area contributed by atoms with E-state index in [4.69, 9.17) is 5.73 Å². The van der Waals surface area contributed by atoms with E-state index in [9.17, 15) is 0 Å². The van der Waals surface area contributed by atoms with Crippen molar-refractivity contribution in [3.63, 3.8) is 0 Å². The molecule has 0 heterocycles. The van der Waals surface area contributed by atoms with Crippen molar-refractivity contribution < 1.29 is 0 Å². The van der Waals surface area contributed by atoms with E-state index in [0.717, 1.165) is 5.92 Å². The van der Waals surface area contributed by atoms with Gasteiger partial charge in [-0.3, -0.25) is 0 Å². The second kappa shape index (κ2) is 4.98. The normalized spacial score (nSPS) is 37.2. The molecule has 2 rings (SSSR count). The van der Waals surface area contributed by atoms with Gasteiger partial charge in [0.1, 0.15) is 0 Å². The summed E-state index contributed by atoms with van der Waals surface area (Å²) in [6, 6.07) is 0.421. The predicted octanol–water partition coefficient (Wildman–Crippen LogP) is 3.42. The standard InChI is InChI=1S/C14H23N/c1-11-13(9-5-6-10-14(11)15)12-7-3-2-4-8-12/h2-3,7,11,13-14H,4-6,8-10,15H2,1H3/t11-,13?,14?/m0/s1. The smallest absolute Gasteiger partial charge is 0.00702 e. The first-order chi connectivity index (χ1) is 7.29. The highest BCUT2D eigenvalue weighted by Crippen LogP contribution is 2.35. The molecule has 0 amide bonds. The molecule has 2 N–H and O–H groups in total. The highest BCUT2D eigenvalue weighted by molar-refractivity contribution is 5.21. The van der Waals surface area contributed by atoms with Crippen LogP contribution in [0.2, 0.25) is 0 Å². The fraction of sp³-hybridized carbons (Fsp3) is 0.714. The minimum absolute atomic E-state index is 0.421. The summed E-state index contributed by atoms with van der Waals surface area (Å²) in [4.78, 5) is 0. The minimum atomic E-state index is 0.421. The molecular weight excluding hydrogens is 182 g/mol. The molecule has 1 fully saturated rings. The summed E-state index contributed by atoms with van der Waals surface area (Å²) < 4.78 is 0. The molecule has 1 saturated carbocycles. The van der Waals surface area contributed by atoms with Gasteiger partial charge in [0.25, 0.3) is 0 Å². The van der Waals surface area contributed by atoms with Crippen molar-refractivity contribution in [3.8, 4) is 0 Å². The lowest BCUT2D eigenvalue weighted by molar-refractivity contribution is 0.338. The quantitative estimate of drug-likeness (QED) is 0.652. The maximum Gasteiger partial charge on any atom is 0.00702 e. The van der Waals surface area contributed by atoms with Crippen molar-refractivity contribution in [1.82, 2.24) is 0 Å². The van der Waals surface area contributed by atoms with Crippen LogP contribution in [0.4, 0.5) is 0 Å². The molecule has 0 spiro atoms. The lowest BCUT2D eigenvalue weighted by atomic mass is 9.78. The second-order valence-electron chi connectivity index (χ2n) is 5.12. The zero-order chi connectivity index (χ0) is 10.7. The summed E-state index contributed by atoms with van der Waals surface area (Å²) >= 11 is 0. The van der Waals surface area contributed by atoms with Crippen LogP contribution in [-0.2, 0) is 0 Å². The van der Waals surface area contributed by atoms with Crippen LogP contribution in [0.1, 0.15) is 45.4 Å². The Kier molecular flexibility index (Phi) is 3.63. The van der Waals surface area contributed by atoms with E-state index < -0.39 is 0 Å². The van der Waals surface area contributed by atoms with Crippen LogP contribution in [0.5, 0.6) is 0 Å². The zero-order valence-corrected chi connectivity index (χ0v) is 9.78. The Balaban J connectivity index is 2.11. The molecule has 0 bridgehead atoms. The zero-order valence-electron chi connectivity index (χ0n) is 9.78. The minimum Gasteiger partial charge on any atom is -0.327 e. The molecule has 0 saturated heterocycles. The van der Waals surface area contributed by atoms with Gasteiger partial charge in [-0.2, -0.15) is 0 Å². The molecule has 0 aromatic rings. The van der Waals surface area contributed by atoms with Crippen LogP contribution in [0.15, 0.2) is 23.8 Å².